The van der Waals surface area contributed by atoms with Crippen LogP contribution in [-0.4, -0.2) is 40.9 Å². The zero-order chi connectivity index (χ0) is 12.8. The van der Waals surface area contributed by atoms with E-state index >= 15 is 0 Å². The maximum Gasteiger partial charge on any atom is 0.322 e. The summed E-state index contributed by atoms with van der Waals surface area (Å²) >= 11 is 0. The van der Waals surface area contributed by atoms with Crippen molar-refractivity contribution in [1.82, 2.24) is 10.1 Å². The third-order valence-electron chi connectivity index (χ3n) is 2.53. The smallest absolute Gasteiger partial charge is 0.322 e. The van der Waals surface area contributed by atoms with Crippen molar-refractivity contribution in [2.24, 2.45) is 0 Å². The van der Waals surface area contributed by atoms with Gasteiger partial charge in [0.2, 0.25) is 0 Å². The van der Waals surface area contributed by atoms with E-state index in [0.717, 1.165) is 0 Å². The summed E-state index contributed by atoms with van der Waals surface area (Å²) in [5.74, 6) is 0.663. The summed E-state index contributed by atoms with van der Waals surface area (Å²) in [6.45, 7) is 6.37. The number of aliphatic hydroxyl groups excluding tert-OH is 1. The normalized spacial score (nSPS) is 10.4. The second-order valence-corrected chi connectivity index (χ2v) is 3.65. The van der Waals surface area contributed by atoms with E-state index in [1.165, 1.54) is 4.90 Å². The lowest BCUT2D eigenvalue weighted by atomic mass is 10.2. The molecule has 0 saturated carbocycles. The number of nitrogens with one attached hydrogen (secondary N) is 1. The zero-order valence-corrected chi connectivity index (χ0v) is 10.5. The zero-order valence-electron chi connectivity index (χ0n) is 10.5. The average Bonchev–Trinajstić information content (AvgIpc) is 2.67. The Bertz CT molecular complexity index is 376. The third kappa shape index (κ3) is 3.20. The van der Waals surface area contributed by atoms with Gasteiger partial charge in [0.25, 0.3) is 0 Å². The molecule has 17 heavy (non-hydrogen) atoms. The minimum atomic E-state index is -0.248. The van der Waals surface area contributed by atoms with Gasteiger partial charge in [-0.25, -0.2) is 4.79 Å². The van der Waals surface area contributed by atoms with Gasteiger partial charge in [-0.1, -0.05) is 12.1 Å². The number of nitrogens with zero attached hydrogens (tertiary/aromatic N) is 2. The molecule has 0 aliphatic heterocycles. The first-order valence-corrected chi connectivity index (χ1v) is 5.75. The first-order valence-electron chi connectivity index (χ1n) is 5.75. The number of carbonyl (C=O) groups is 1. The van der Waals surface area contributed by atoms with Crippen molar-refractivity contribution in [3.05, 3.63) is 11.5 Å². The molecule has 6 nitrogen and oxygen atoms in total. The molecule has 96 valence electrons. The summed E-state index contributed by atoms with van der Waals surface area (Å²) in [6, 6.07) is -0.248. The van der Waals surface area contributed by atoms with Gasteiger partial charge in [-0.3, -0.25) is 0 Å². The molecule has 2 N–H and O–H groups in total. The van der Waals surface area contributed by atoms with Gasteiger partial charge in [0.15, 0.2) is 5.76 Å². The van der Waals surface area contributed by atoms with Crippen LogP contribution in [0.1, 0.15) is 25.3 Å². The first kappa shape index (κ1) is 13.5. The average molecular weight is 241 g/mol. The molecular weight excluding hydrogens is 222 g/mol. The Morgan fingerprint density at radius 3 is 2.76 bits per heavy atom. The van der Waals surface area contributed by atoms with Crippen LogP contribution in [0.4, 0.5) is 10.5 Å². The quantitative estimate of drug-likeness (QED) is 0.816. The van der Waals surface area contributed by atoms with Gasteiger partial charge in [-0.05, 0) is 13.8 Å². The van der Waals surface area contributed by atoms with Crippen LogP contribution in [0.25, 0.3) is 0 Å². The molecule has 1 heterocycles. The molecule has 0 aliphatic rings. The van der Waals surface area contributed by atoms with Crippen LogP contribution in [0.2, 0.25) is 0 Å². The summed E-state index contributed by atoms with van der Waals surface area (Å²) in [7, 11) is 0. The van der Waals surface area contributed by atoms with Crippen molar-refractivity contribution in [3.8, 4) is 0 Å². The van der Waals surface area contributed by atoms with Gasteiger partial charge in [0.1, 0.15) is 11.4 Å². The van der Waals surface area contributed by atoms with Gasteiger partial charge >= 0.3 is 6.03 Å². The Kier molecular flexibility index (Phi) is 4.96. The topological polar surface area (TPSA) is 78.6 Å². The summed E-state index contributed by atoms with van der Waals surface area (Å²) in [6.07, 6.45) is 0.669. The van der Waals surface area contributed by atoms with Gasteiger partial charge in [-0.2, -0.15) is 0 Å². The van der Waals surface area contributed by atoms with Crippen LogP contribution >= 0.6 is 0 Å². The van der Waals surface area contributed by atoms with Crippen molar-refractivity contribution in [2.45, 2.75) is 27.2 Å². The molecule has 2 amide bonds. The van der Waals surface area contributed by atoms with E-state index in [9.17, 15) is 4.79 Å². The molecule has 0 fully saturated rings. The number of aryl methyl sites for hydroxylation is 2. The van der Waals surface area contributed by atoms with Crippen molar-refractivity contribution >= 4 is 11.7 Å². The highest BCUT2D eigenvalue weighted by Gasteiger charge is 2.17. The van der Waals surface area contributed by atoms with Gasteiger partial charge in [0, 0.05) is 19.5 Å². The Morgan fingerprint density at radius 1 is 1.53 bits per heavy atom. The maximum atomic E-state index is 11.9. The predicted molar refractivity (Wildman–Crippen MR) is 64.0 cm³/mol. The second-order valence-electron chi connectivity index (χ2n) is 3.65. The standard InChI is InChI=1S/C11H19N3O3/c1-4-9-10(8(3)13-17-9)12-11(16)14(5-2)6-7-15/h15H,4-7H2,1-3H3,(H,12,16). The summed E-state index contributed by atoms with van der Waals surface area (Å²) in [4.78, 5) is 13.4. The predicted octanol–water partition coefficient (Wildman–Crippen LogP) is 1.39. The number of urea groups is 1. The van der Waals surface area contributed by atoms with Crippen molar-refractivity contribution in [2.75, 3.05) is 25.0 Å². The summed E-state index contributed by atoms with van der Waals surface area (Å²) in [5, 5.41) is 15.4. The lowest BCUT2D eigenvalue weighted by Gasteiger charge is -2.20. The highest BCUT2D eigenvalue weighted by Crippen LogP contribution is 2.20. The molecule has 0 saturated heterocycles. The van der Waals surface area contributed by atoms with E-state index in [-0.39, 0.29) is 12.6 Å². The number of hydrogen-bond acceptors (Lipinski definition) is 4. The number of amides is 2. The lowest BCUT2D eigenvalue weighted by Crippen LogP contribution is -2.37. The Balaban J connectivity index is 2.75. The summed E-state index contributed by atoms with van der Waals surface area (Å²) < 4.78 is 5.09. The highest BCUT2D eigenvalue weighted by molar-refractivity contribution is 5.90. The molecule has 0 unspecified atom stereocenters. The fraction of sp³-hybridized carbons (Fsp3) is 0.636. The minimum Gasteiger partial charge on any atom is -0.395 e. The van der Waals surface area contributed by atoms with E-state index in [0.29, 0.717) is 36.7 Å². The monoisotopic (exact) mass is 241 g/mol. The Hall–Kier alpha value is -1.56. The minimum absolute atomic E-state index is 0.0511. The van der Waals surface area contributed by atoms with Crippen LogP contribution in [0, 0.1) is 6.92 Å². The molecule has 0 atom stereocenters. The molecular formula is C11H19N3O3. The summed E-state index contributed by atoms with van der Waals surface area (Å²) in [5.41, 5.74) is 1.30. The molecule has 0 spiro atoms. The van der Waals surface area contributed by atoms with E-state index in [2.05, 4.69) is 10.5 Å². The number of anilines is 1. The number of carbonyl (C=O) groups excluding carboxylic acids is 1. The molecule has 6 heteroatoms. The van der Waals surface area contributed by atoms with Crippen LogP contribution < -0.4 is 5.32 Å². The fourth-order valence-corrected chi connectivity index (χ4v) is 1.53. The molecule has 1 rings (SSSR count). The van der Waals surface area contributed by atoms with Crippen molar-refractivity contribution in [3.63, 3.8) is 0 Å². The Labute approximate surface area is 101 Å². The third-order valence-corrected chi connectivity index (χ3v) is 2.53. The van der Waals surface area contributed by atoms with E-state index in [1.54, 1.807) is 6.92 Å². The van der Waals surface area contributed by atoms with Gasteiger partial charge < -0.3 is 19.8 Å². The van der Waals surface area contributed by atoms with E-state index < -0.39 is 0 Å². The number of aromatic nitrogens is 1. The van der Waals surface area contributed by atoms with Crippen LogP contribution in [0.15, 0.2) is 4.52 Å². The van der Waals surface area contributed by atoms with Crippen LogP contribution in [0.5, 0.6) is 0 Å². The molecule has 0 aliphatic carbocycles. The van der Waals surface area contributed by atoms with Crippen LogP contribution in [-0.2, 0) is 6.42 Å². The van der Waals surface area contributed by atoms with E-state index in [1.807, 2.05) is 13.8 Å². The molecule has 1 aromatic heterocycles. The molecule has 0 bridgehead atoms. The number of aliphatic hydroxyl groups is 1. The van der Waals surface area contributed by atoms with Gasteiger partial charge in [-0.15, -0.1) is 0 Å². The number of hydrogen-bond donors (Lipinski definition) is 2. The second kappa shape index (κ2) is 6.24. The first-order chi connectivity index (χ1) is 8.13. The molecule has 0 radical (unpaired) electrons. The van der Waals surface area contributed by atoms with Crippen LogP contribution in [0.3, 0.4) is 0 Å². The largest absolute Gasteiger partial charge is 0.395 e. The van der Waals surface area contributed by atoms with Crippen molar-refractivity contribution in [1.29, 1.82) is 0 Å². The highest BCUT2D eigenvalue weighted by atomic mass is 16.5. The number of likely N-dealkylation sites (N-methyl/N-ethyl adjacent to an activating group) is 1. The number of rotatable bonds is 5. The van der Waals surface area contributed by atoms with Crippen molar-refractivity contribution < 1.29 is 14.4 Å². The molecule has 1 aromatic rings. The molecule has 0 aromatic carbocycles. The lowest BCUT2D eigenvalue weighted by molar-refractivity contribution is 0.192. The Morgan fingerprint density at radius 2 is 2.24 bits per heavy atom. The fourth-order valence-electron chi connectivity index (χ4n) is 1.53. The maximum absolute atomic E-state index is 11.9. The van der Waals surface area contributed by atoms with Gasteiger partial charge in [0.05, 0.1) is 6.61 Å². The van der Waals surface area contributed by atoms with E-state index in [4.69, 9.17) is 9.63 Å². The SMILES string of the molecule is CCc1onc(C)c1NC(=O)N(CC)CCO.